The lowest BCUT2D eigenvalue weighted by atomic mass is 9.90. The van der Waals surface area contributed by atoms with Crippen molar-refractivity contribution in [2.75, 3.05) is 24.5 Å². The molecule has 3 rings (SSSR count). The van der Waals surface area contributed by atoms with Gasteiger partial charge >= 0.3 is 0 Å². The Hall–Kier alpha value is -1.62. The number of anilines is 1. The molecule has 1 aromatic carbocycles. The van der Waals surface area contributed by atoms with Crippen LogP contribution in [0.2, 0.25) is 0 Å². The van der Waals surface area contributed by atoms with Crippen LogP contribution in [-0.2, 0) is 0 Å². The molecule has 5 heteroatoms. The van der Waals surface area contributed by atoms with Crippen molar-refractivity contribution in [1.82, 2.24) is 9.97 Å². The maximum atomic E-state index is 13.1. The standard InChI is InChI=1S/C13H17FN4/c1-13(7-15)4-5-18(8-13)12-16-10-3-2-9(14)6-11(10)17-12/h2-3,6H,4-5,7-8,15H2,1H3,(H,16,17). The van der Waals surface area contributed by atoms with E-state index < -0.39 is 0 Å². The van der Waals surface area contributed by atoms with Crippen molar-refractivity contribution >= 4 is 17.0 Å². The summed E-state index contributed by atoms with van der Waals surface area (Å²) in [5, 5.41) is 0. The van der Waals surface area contributed by atoms with Crippen LogP contribution in [0, 0.1) is 11.2 Å². The fourth-order valence-corrected chi connectivity index (χ4v) is 2.49. The summed E-state index contributed by atoms with van der Waals surface area (Å²) in [5.41, 5.74) is 7.49. The number of imidazole rings is 1. The van der Waals surface area contributed by atoms with E-state index in [0.29, 0.717) is 6.54 Å². The van der Waals surface area contributed by atoms with Crippen LogP contribution in [0.4, 0.5) is 10.3 Å². The number of H-pyrrole nitrogens is 1. The third kappa shape index (κ3) is 1.84. The van der Waals surface area contributed by atoms with Gasteiger partial charge in [0.1, 0.15) is 5.82 Å². The number of nitrogens with two attached hydrogens (primary N) is 1. The normalized spacial score (nSPS) is 24.1. The lowest BCUT2D eigenvalue weighted by Crippen LogP contribution is -2.31. The highest BCUT2D eigenvalue weighted by Gasteiger charge is 2.33. The lowest BCUT2D eigenvalue weighted by molar-refractivity contribution is 0.383. The van der Waals surface area contributed by atoms with Gasteiger partial charge in [-0.1, -0.05) is 6.92 Å². The highest BCUT2D eigenvalue weighted by molar-refractivity contribution is 5.77. The highest BCUT2D eigenvalue weighted by atomic mass is 19.1. The van der Waals surface area contributed by atoms with E-state index in [-0.39, 0.29) is 11.2 Å². The zero-order chi connectivity index (χ0) is 12.8. The topological polar surface area (TPSA) is 57.9 Å². The fourth-order valence-electron chi connectivity index (χ4n) is 2.49. The van der Waals surface area contributed by atoms with E-state index >= 15 is 0 Å². The third-order valence-electron chi connectivity index (χ3n) is 3.78. The monoisotopic (exact) mass is 248 g/mol. The molecule has 0 saturated carbocycles. The zero-order valence-electron chi connectivity index (χ0n) is 10.4. The second-order valence-corrected chi connectivity index (χ2v) is 5.41. The maximum absolute atomic E-state index is 13.1. The zero-order valence-corrected chi connectivity index (χ0v) is 10.4. The summed E-state index contributed by atoms with van der Waals surface area (Å²) in [4.78, 5) is 9.86. The summed E-state index contributed by atoms with van der Waals surface area (Å²) >= 11 is 0. The summed E-state index contributed by atoms with van der Waals surface area (Å²) < 4.78 is 13.1. The van der Waals surface area contributed by atoms with E-state index in [0.717, 1.165) is 36.5 Å². The van der Waals surface area contributed by atoms with Gasteiger partial charge in [0.05, 0.1) is 11.0 Å². The highest BCUT2D eigenvalue weighted by Crippen LogP contribution is 2.31. The molecule has 1 unspecified atom stereocenters. The number of hydrogen-bond acceptors (Lipinski definition) is 3. The van der Waals surface area contributed by atoms with Gasteiger partial charge in [0.25, 0.3) is 0 Å². The smallest absolute Gasteiger partial charge is 0.203 e. The molecular weight excluding hydrogens is 231 g/mol. The van der Waals surface area contributed by atoms with Gasteiger partial charge in [-0.15, -0.1) is 0 Å². The minimum absolute atomic E-state index is 0.157. The number of nitrogens with one attached hydrogen (secondary N) is 1. The summed E-state index contributed by atoms with van der Waals surface area (Å²) in [6, 6.07) is 4.60. The molecule has 2 heterocycles. The van der Waals surface area contributed by atoms with Crippen LogP contribution in [0.5, 0.6) is 0 Å². The van der Waals surface area contributed by atoms with Crippen molar-refractivity contribution < 1.29 is 4.39 Å². The molecule has 4 nitrogen and oxygen atoms in total. The predicted molar refractivity (Wildman–Crippen MR) is 70.0 cm³/mol. The molecule has 0 spiro atoms. The number of halogens is 1. The molecular formula is C13H17FN4. The van der Waals surface area contributed by atoms with Crippen LogP contribution < -0.4 is 10.6 Å². The fraction of sp³-hybridized carbons (Fsp3) is 0.462. The van der Waals surface area contributed by atoms with Crippen LogP contribution in [0.3, 0.4) is 0 Å². The molecule has 1 aromatic heterocycles. The van der Waals surface area contributed by atoms with Crippen molar-refractivity contribution in [2.24, 2.45) is 11.1 Å². The lowest BCUT2D eigenvalue weighted by Gasteiger charge is -2.22. The van der Waals surface area contributed by atoms with Crippen molar-refractivity contribution in [1.29, 1.82) is 0 Å². The van der Waals surface area contributed by atoms with E-state index in [1.807, 2.05) is 0 Å². The largest absolute Gasteiger partial charge is 0.342 e. The molecule has 18 heavy (non-hydrogen) atoms. The van der Waals surface area contributed by atoms with Crippen LogP contribution >= 0.6 is 0 Å². The van der Waals surface area contributed by atoms with Crippen molar-refractivity contribution in [3.05, 3.63) is 24.0 Å². The van der Waals surface area contributed by atoms with Crippen LogP contribution in [0.25, 0.3) is 11.0 Å². The van der Waals surface area contributed by atoms with E-state index in [1.54, 1.807) is 6.07 Å². The molecule has 1 saturated heterocycles. The van der Waals surface area contributed by atoms with Gasteiger partial charge in [-0.2, -0.15) is 0 Å². The van der Waals surface area contributed by atoms with Crippen molar-refractivity contribution in [3.63, 3.8) is 0 Å². The number of nitrogens with zero attached hydrogens (tertiary/aromatic N) is 2. The minimum Gasteiger partial charge on any atom is -0.342 e. The van der Waals surface area contributed by atoms with Gasteiger partial charge in [0, 0.05) is 13.1 Å². The molecule has 0 amide bonds. The Morgan fingerprint density at radius 2 is 2.39 bits per heavy atom. The van der Waals surface area contributed by atoms with Gasteiger partial charge in [-0.3, -0.25) is 0 Å². The molecule has 96 valence electrons. The van der Waals surface area contributed by atoms with E-state index in [1.165, 1.54) is 12.1 Å². The van der Waals surface area contributed by atoms with Gasteiger partial charge in [0.2, 0.25) is 5.95 Å². The van der Waals surface area contributed by atoms with Crippen LogP contribution in [0.15, 0.2) is 18.2 Å². The molecule has 3 N–H and O–H groups in total. The molecule has 1 atom stereocenters. The summed E-state index contributed by atoms with van der Waals surface area (Å²) in [6.45, 7) is 4.70. The number of benzene rings is 1. The Morgan fingerprint density at radius 1 is 1.56 bits per heavy atom. The van der Waals surface area contributed by atoms with Gasteiger partial charge in [0.15, 0.2) is 0 Å². The van der Waals surface area contributed by atoms with Crippen LogP contribution in [0.1, 0.15) is 13.3 Å². The van der Waals surface area contributed by atoms with E-state index in [9.17, 15) is 4.39 Å². The molecule has 1 fully saturated rings. The van der Waals surface area contributed by atoms with Gasteiger partial charge < -0.3 is 15.6 Å². The molecule has 0 bridgehead atoms. The Balaban J connectivity index is 1.91. The summed E-state index contributed by atoms with van der Waals surface area (Å²) in [6.07, 6.45) is 1.06. The average molecular weight is 248 g/mol. The molecule has 0 radical (unpaired) electrons. The average Bonchev–Trinajstić information content (AvgIpc) is 2.93. The molecule has 1 aliphatic heterocycles. The number of aromatic amines is 1. The Morgan fingerprint density at radius 3 is 3.11 bits per heavy atom. The number of hydrogen-bond donors (Lipinski definition) is 2. The molecule has 2 aromatic rings. The Labute approximate surface area is 105 Å². The maximum Gasteiger partial charge on any atom is 0.203 e. The Kier molecular flexibility index (Phi) is 2.52. The Bertz CT molecular complexity index is 579. The van der Waals surface area contributed by atoms with E-state index in [2.05, 4.69) is 21.8 Å². The second kappa shape index (κ2) is 3.95. The third-order valence-corrected chi connectivity index (χ3v) is 3.78. The number of aromatic nitrogens is 2. The second-order valence-electron chi connectivity index (χ2n) is 5.41. The first-order valence-electron chi connectivity index (χ1n) is 6.20. The SMILES string of the molecule is CC1(CN)CCN(c2nc3ccc(F)cc3[nH]2)C1. The molecule has 0 aliphatic carbocycles. The van der Waals surface area contributed by atoms with Gasteiger partial charge in [-0.05, 0) is 36.6 Å². The first-order chi connectivity index (χ1) is 8.59. The first kappa shape index (κ1) is 11.5. The number of rotatable bonds is 2. The van der Waals surface area contributed by atoms with Crippen molar-refractivity contribution in [3.8, 4) is 0 Å². The summed E-state index contributed by atoms with van der Waals surface area (Å²) in [7, 11) is 0. The molecule has 1 aliphatic rings. The predicted octanol–water partition coefficient (Wildman–Crippen LogP) is 1.88. The quantitative estimate of drug-likeness (QED) is 0.853. The van der Waals surface area contributed by atoms with Gasteiger partial charge in [-0.25, -0.2) is 9.37 Å². The summed E-state index contributed by atoms with van der Waals surface area (Å²) in [5.74, 6) is 0.568. The number of fused-ring (bicyclic) bond motifs is 1. The van der Waals surface area contributed by atoms with Crippen LogP contribution in [-0.4, -0.2) is 29.6 Å². The minimum atomic E-state index is -0.245. The van der Waals surface area contributed by atoms with E-state index in [4.69, 9.17) is 5.73 Å². The van der Waals surface area contributed by atoms with Crippen molar-refractivity contribution in [2.45, 2.75) is 13.3 Å². The first-order valence-corrected chi connectivity index (χ1v) is 6.20.